The van der Waals surface area contributed by atoms with Crippen molar-refractivity contribution in [1.82, 2.24) is 5.32 Å². The zero-order chi connectivity index (χ0) is 12.0. The third kappa shape index (κ3) is 3.81. The molecule has 0 unspecified atom stereocenters. The fraction of sp³-hybridized carbons (Fsp3) is 0.462. The maximum Gasteiger partial charge on any atom is 0.220 e. The lowest BCUT2D eigenvalue weighted by molar-refractivity contribution is -0.121. The third-order valence-corrected chi connectivity index (χ3v) is 3.29. The summed E-state index contributed by atoms with van der Waals surface area (Å²) in [5.41, 5.74) is 1.28. The molecule has 1 heterocycles. The average molecular weight is 237 g/mol. The zero-order valence-electron chi connectivity index (χ0n) is 9.95. The molecule has 0 spiro atoms. The Morgan fingerprint density at radius 1 is 1.62 bits per heavy atom. The first-order chi connectivity index (χ1) is 7.56. The minimum atomic E-state index is 0.00381. The Labute approximate surface area is 101 Å². The number of hydrogen-bond acceptors (Lipinski definition) is 2. The van der Waals surface area contributed by atoms with Gasteiger partial charge in [0.2, 0.25) is 5.91 Å². The number of rotatable bonds is 6. The molecule has 0 aliphatic heterocycles. The van der Waals surface area contributed by atoms with Crippen LogP contribution in [0.2, 0.25) is 0 Å². The highest BCUT2D eigenvalue weighted by atomic mass is 32.1. The topological polar surface area (TPSA) is 29.1 Å². The number of hydrogen-bond donors (Lipinski definition) is 1. The summed E-state index contributed by atoms with van der Waals surface area (Å²) in [4.78, 5) is 11.5. The van der Waals surface area contributed by atoms with Gasteiger partial charge in [-0.25, -0.2) is 0 Å². The Morgan fingerprint density at radius 2 is 2.38 bits per heavy atom. The first-order valence-corrected chi connectivity index (χ1v) is 6.41. The van der Waals surface area contributed by atoms with Gasteiger partial charge in [-0.3, -0.25) is 4.79 Å². The van der Waals surface area contributed by atoms with Crippen LogP contribution in [0.5, 0.6) is 0 Å². The molecular formula is C13H19NOS. The number of allylic oxidation sites excluding steroid dienone is 1. The molecule has 1 aromatic heterocycles. The highest BCUT2D eigenvalue weighted by Gasteiger charge is 2.21. The molecule has 0 radical (unpaired) electrons. The molecule has 2 nitrogen and oxygen atoms in total. The van der Waals surface area contributed by atoms with Crippen LogP contribution >= 0.6 is 11.3 Å². The van der Waals surface area contributed by atoms with E-state index < -0.39 is 0 Å². The van der Waals surface area contributed by atoms with Crippen molar-refractivity contribution in [3.8, 4) is 0 Å². The van der Waals surface area contributed by atoms with Crippen molar-refractivity contribution in [3.05, 3.63) is 35.0 Å². The largest absolute Gasteiger partial charge is 0.355 e. The maximum atomic E-state index is 11.5. The summed E-state index contributed by atoms with van der Waals surface area (Å²) in [5.74, 6) is 0.100. The van der Waals surface area contributed by atoms with Gasteiger partial charge in [0.15, 0.2) is 0 Å². The molecule has 88 valence electrons. The zero-order valence-corrected chi connectivity index (χ0v) is 10.8. The number of carbonyl (C=O) groups excluding carboxylic acids is 1. The van der Waals surface area contributed by atoms with Crippen LogP contribution in [0.3, 0.4) is 0 Å². The van der Waals surface area contributed by atoms with Crippen molar-refractivity contribution >= 4 is 17.2 Å². The Morgan fingerprint density at radius 3 is 2.94 bits per heavy atom. The molecule has 1 aromatic rings. The van der Waals surface area contributed by atoms with Crippen molar-refractivity contribution in [3.63, 3.8) is 0 Å². The summed E-state index contributed by atoms with van der Waals surface area (Å²) in [5, 5.41) is 7.16. The number of nitrogens with one attached hydrogen (secondary N) is 1. The Balaban J connectivity index is 2.42. The van der Waals surface area contributed by atoms with Gasteiger partial charge in [0.1, 0.15) is 0 Å². The molecule has 1 rings (SSSR count). The molecule has 0 saturated heterocycles. The van der Waals surface area contributed by atoms with E-state index >= 15 is 0 Å². The van der Waals surface area contributed by atoms with Gasteiger partial charge in [0.25, 0.3) is 0 Å². The molecule has 0 bridgehead atoms. The van der Waals surface area contributed by atoms with Gasteiger partial charge < -0.3 is 5.32 Å². The van der Waals surface area contributed by atoms with Crippen molar-refractivity contribution in [2.75, 3.05) is 6.54 Å². The van der Waals surface area contributed by atoms with Crippen molar-refractivity contribution in [2.24, 2.45) is 0 Å². The number of amides is 1. The third-order valence-electron chi connectivity index (χ3n) is 2.61. The minimum absolute atomic E-state index is 0.00381. The van der Waals surface area contributed by atoms with E-state index in [0.717, 1.165) is 6.42 Å². The highest BCUT2D eigenvalue weighted by molar-refractivity contribution is 7.08. The van der Waals surface area contributed by atoms with Crippen molar-refractivity contribution in [1.29, 1.82) is 0 Å². The monoisotopic (exact) mass is 237 g/mol. The van der Waals surface area contributed by atoms with Crippen molar-refractivity contribution in [2.45, 2.75) is 32.1 Å². The smallest absolute Gasteiger partial charge is 0.220 e. The lowest BCUT2D eigenvalue weighted by Gasteiger charge is -2.24. The summed E-state index contributed by atoms with van der Waals surface area (Å²) in [6.45, 7) is 8.57. The van der Waals surface area contributed by atoms with E-state index in [0.29, 0.717) is 13.0 Å². The summed E-state index contributed by atoms with van der Waals surface area (Å²) in [6.07, 6.45) is 3.04. The van der Waals surface area contributed by atoms with E-state index in [1.54, 1.807) is 17.4 Å². The molecule has 3 heteroatoms. The standard InChI is InChI=1S/C13H19NOS/c1-4-5-6-12(15)14-10-13(2,3)11-7-8-16-9-11/h4,7-9H,1,5-6,10H2,2-3H3,(H,14,15). The molecule has 0 fully saturated rings. The molecule has 16 heavy (non-hydrogen) atoms. The van der Waals surface area contributed by atoms with Gasteiger partial charge in [0, 0.05) is 18.4 Å². The Bertz CT molecular complexity index is 341. The highest BCUT2D eigenvalue weighted by Crippen LogP contribution is 2.24. The molecule has 0 aliphatic rings. The van der Waals surface area contributed by atoms with Crippen LogP contribution in [0.25, 0.3) is 0 Å². The van der Waals surface area contributed by atoms with Crippen LogP contribution in [0.4, 0.5) is 0 Å². The SMILES string of the molecule is C=CCCC(=O)NCC(C)(C)c1ccsc1. The average Bonchev–Trinajstić information content (AvgIpc) is 2.77. The van der Waals surface area contributed by atoms with E-state index in [4.69, 9.17) is 0 Å². The van der Waals surface area contributed by atoms with Crippen LogP contribution in [-0.2, 0) is 10.2 Å². The fourth-order valence-electron chi connectivity index (χ4n) is 1.39. The minimum Gasteiger partial charge on any atom is -0.355 e. The maximum absolute atomic E-state index is 11.5. The van der Waals surface area contributed by atoms with E-state index in [9.17, 15) is 4.79 Å². The van der Waals surface area contributed by atoms with E-state index in [2.05, 4.69) is 42.6 Å². The van der Waals surface area contributed by atoms with Gasteiger partial charge in [-0.15, -0.1) is 6.58 Å². The predicted octanol–water partition coefficient (Wildman–Crippen LogP) is 3.11. The Hall–Kier alpha value is -1.09. The molecule has 0 saturated carbocycles. The van der Waals surface area contributed by atoms with Gasteiger partial charge >= 0.3 is 0 Å². The fourth-order valence-corrected chi connectivity index (χ4v) is 2.24. The normalized spacial score (nSPS) is 11.1. The van der Waals surface area contributed by atoms with E-state index in [-0.39, 0.29) is 11.3 Å². The van der Waals surface area contributed by atoms with Gasteiger partial charge in [0.05, 0.1) is 0 Å². The van der Waals surface area contributed by atoms with Gasteiger partial charge in [-0.1, -0.05) is 19.9 Å². The summed E-state index contributed by atoms with van der Waals surface area (Å²) in [7, 11) is 0. The van der Waals surface area contributed by atoms with Crippen LogP contribution in [0.15, 0.2) is 29.5 Å². The van der Waals surface area contributed by atoms with Crippen molar-refractivity contribution < 1.29 is 4.79 Å². The summed E-state index contributed by atoms with van der Waals surface area (Å²) in [6, 6.07) is 2.11. The first-order valence-electron chi connectivity index (χ1n) is 5.46. The second kappa shape index (κ2) is 5.85. The molecule has 1 N–H and O–H groups in total. The number of carbonyl (C=O) groups is 1. The van der Waals surface area contributed by atoms with Crippen LogP contribution < -0.4 is 5.32 Å². The first kappa shape index (κ1) is 13.0. The van der Waals surface area contributed by atoms with Gasteiger partial charge in [-0.2, -0.15) is 11.3 Å². The van der Waals surface area contributed by atoms with Crippen LogP contribution in [0, 0.1) is 0 Å². The quantitative estimate of drug-likeness (QED) is 0.757. The Kier molecular flexibility index (Phi) is 4.74. The second-order valence-corrected chi connectivity index (χ2v) is 5.28. The summed E-state index contributed by atoms with van der Waals surface area (Å²) >= 11 is 1.69. The van der Waals surface area contributed by atoms with Gasteiger partial charge in [-0.05, 0) is 28.8 Å². The van der Waals surface area contributed by atoms with Crippen LogP contribution in [-0.4, -0.2) is 12.5 Å². The molecule has 0 aliphatic carbocycles. The molecule has 0 atom stereocenters. The van der Waals surface area contributed by atoms with E-state index in [1.165, 1.54) is 5.56 Å². The lowest BCUT2D eigenvalue weighted by Crippen LogP contribution is -2.36. The lowest BCUT2D eigenvalue weighted by atomic mass is 9.86. The van der Waals surface area contributed by atoms with E-state index in [1.807, 2.05) is 0 Å². The van der Waals surface area contributed by atoms with Crippen LogP contribution in [0.1, 0.15) is 32.3 Å². The molecule has 1 amide bonds. The molecular weight excluding hydrogens is 218 g/mol. The summed E-state index contributed by atoms with van der Waals surface area (Å²) < 4.78 is 0. The molecule has 0 aromatic carbocycles. The number of thiophene rings is 1. The second-order valence-electron chi connectivity index (χ2n) is 4.50. The predicted molar refractivity (Wildman–Crippen MR) is 69.8 cm³/mol.